The van der Waals surface area contributed by atoms with Crippen LogP contribution in [0, 0.1) is 25.7 Å². The zero-order chi connectivity index (χ0) is 10.4. The maximum Gasteiger partial charge on any atom is 0.126 e. The minimum Gasteiger partial charge on any atom is -0.396 e. The summed E-state index contributed by atoms with van der Waals surface area (Å²) in [5.41, 5.74) is 1.69. The minimum absolute atomic E-state index is 0.191. The molecule has 0 aromatic carbocycles. The Hall–Kier alpha value is -1.40. The van der Waals surface area contributed by atoms with Gasteiger partial charge >= 0.3 is 0 Å². The van der Waals surface area contributed by atoms with E-state index in [4.69, 9.17) is 5.11 Å². The van der Waals surface area contributed by atoms with E-state index in [0.29, 0.717) is 6.42 Å². The van der Waals surface area contributed by atoms with Crippen molar-refractivity contribution in [3.8, 4) is 11.8 Å². The molecule has 74 valence electrons. The summed E-state index contributed by atoms with van der Waals surface area (Å²) in [6.45, 7) is 3.97. The summed E-state index contributed by atoms with van der Waals surface area (Å²) in [6, 6.07) is 1.86. The van der Waals surface area contributed by atoms with Crippen molar-refractivity contribution in [1.29, 1.82) is 0 Å². The minimum atomic E-state index is 0.191. The van der Waals surface area contributed by atoms with E-state index in [1.807, 2.05) is 19.9 Å². The SMILES string of the molecule is Cc1cc(C#CCCCO)nc(C)n1. The second kappa shape index (κ2) is 5.36. The Morgan fingerprint density at radius 3 is 2.79 bits per heavy atom. The van der Waals surface area contributed by atoms with E-state index < -0.39 is 0 Å². The Morgan fingerprint density at radius 2 is 2.14 bits per heavy atom. The highest BCUT2D eigenvalue weighted by Crippen LogP contribution is 1.98. The number of hydrogen-bond donors (Lipinski definition) is 1. The van der Waals surface area contributed by atoms with Crippen LogP contribution in [0.15, 0.2) is 6.07 Å². The molecule has 0 saturated carbocycles. The Kier molecular flexibility index (Phi) is 4.09. The second-order valence-electron chi connectivity index (χ2n) is 3.07. The van der Waals surface area contributed by atoms with Gasteiger partial charge in [-0.1, -0.05) is 5.92 Å². The molecule has 1 aromatic rings. The van der Waals surface area contributed by atoms with Crippen LogP contribution in [0.1, 0.15) is 30.1 Å². The number of aryl methyl sites for hydroxylation is 2. The van der Waals surface area contributed by atoms with E-state index in [0.717, 1.165) is 23.6 Å². The van der Waals surface area contributed by atoms with Gasteiger partial charge in [0.15, 0.2) is 0 Å². The zero-order valence-corrected chi connectivity index (χ0v) is 8.54. The van der Waals surface area contributed by atoms with Crippen molar-refractivity contribution in [1.82, 2.24) is 9.97 Å². The van der Waals surface area contributed by atoms with Crippen molar-refractivity contribution >= 4 is 0 Å². The van der Waals surface area contributed by atoms with Crippen molar-refractivity contribution in [3.63, 3.8) is 0 Å². The first-order chi connectivity index (χ1) is 6.72. The molecule has 0 aliphatic rings. The first kappa shape index (κ1) is 10.7. The molecule has 0 aliphatic heterocycles. The van der Waals surface area contributed by atoms with E-state index >= 15 is 0 Å². The fraction of sp³-hybridized carbons (Fsp3) is 0.455. The molecule has 3 heteroatoms. The molecule has 0 unspecified atom stereocenters. The lowest BCUT2D eigenvalue weighted by molar-refractivity contribution is 0.290. The molecule has 0 atom stereocenters. The van der Waals surface area contributed by atoms with E-state index in [-0.39, 0.29) is 6.61 Å². The Labute approximate surface area is 84.2 Å². The van der Waals surface area contributed by atoms with Crippen LogP contribution in [0.2, 0.25) is 0 Å². The molecule has 1 N–H and O–H groups in total. The van der Waals surface area contributed by atoms with Gasteiger partial charge < -0.3 is 5.11 Å². The topological polar surface area (TPSA) is 46.0 Å². The normalized spacial score (nSPS) is 9.36. The highest BCUT2D eigenvalue weighted by atomic mass is 16.2. The molecule has 3 nitrogen and oxygen atoms in total. The van der Waals surface area contributed by atoms with Crippen molar-refractivity contribution in [2.75, 3.05) is 6.61 Å². The van der Waals surface area contributed by atoms with E-state index in [1.165, 1.54) is 0 Å². The van der Waals surface area contributed by atoms with E-state index in [1.54, 1.807) is 0 Å². The Bertz CT molecular complexity index is 343. The van der Waals surface area contributed by atoms with Gasteiger partial charge in [0.05, 0.1) is 0 Å². The fourth-order valence-electron chi connectivity index (χ4n) is 1.10. The molecule has 1 heterocycles. The highest BCUT2D eigenvalue weighted by molar-refractivity contribution is 5.28. The maximum atomic E-state index is 8.56. The number of unbranched alkanes of at least 4 members (excludes halogenated alkanes) is 1. The van der Waals surface area contributed by atoms with E-state index in [2.05, 4.69) is 21.8 Å². The third-order valence-electron chi connectivity index (χ3n) is 1.64. The molecule has 0 bridgehead atoms. The van der Waals surface area contributed by atoms with Gasteiger partial charge in [-0.15, -0.1) is 0 Å². The summed E-state index contributed by atoms with van der Waals surface area (Å²) in [4.78, 5) is 8.34. The van der Waals surface area contributed by atoms with Crippen molar-refractivity contribution in [3.05, 3.63) is 23.3 Å². The monoisotopic (exact) mass is 190 g/mol. The quantitative estimate of drug-likeness (QED) is 0.563. The van der Waals surface area contributed by atoms with Crippen LogP contribution >= 0.6 is 0 Å². The number of nitrogens with zero attached hydrogens (tertiary/aromatic N) is 2. The standard InChI is InChI=1S/C11H14N2O/c1-9-8-11(13-10(2)12-9)6-4-3-5-7-14/h8,14H,3,5,7H2,1-2H3. The van der Waals surface area contributed by atoms with Gasteiger partial charge in [0.1, 0.15) is 11.5 Å². The van der Waals surface area contributed by atoms with Gasteiger partial charge in [0, 0.05) is 18.7 Å². The molecule has 0 saturated heterocycles. The number of rotatable bonds is 2. The van der Waals surface area contributed by atoms with Gasteiger partial charge in [-0.05, 0) is 32.3 Å². The second-order valence-corrected chi connectivity index (χ2v) is 3.07. The Morgan fingerprint density at radius 1 is 1.36 bits per heavy atom. The molecule has 0 spiro atoms. The third kappa shape index (κ3) is 3.55. The Balaban J connectivity index is 2.69. The maximum absolute atomic E-state index is 8.56. The molecule has 1 rings (SSSR count). The lowest BCUT2D eigenvalue weighted by atomic mass is 10.3. The van der Waals surface area contributed by atoms with Crippen LogP contribution in [0.5, 0.6) is 0 Å². The molecular formula is C11H14N2O. The summed E-state index contributed by atoms with van der Waals surface area (Å²) in [5, 5.41) is 8.56. The van der Waals surface area contributed by atoms with Gasteiger partial charge in [0.2, 0.25) is 0 Å². The number of aliphatic hydroxyl groups excluding tert-OH is 1. The van der Waals surface area contributed by atoms with Crippen LogP contribution in [0.3, 0.4) is 0 Å². The highest BCUT2D eigenvalue weighted by Gasteiger charge is 1.93. The predicted octanol–water partition coefficient (Wildman–Crippen LogP) is 1.22. The molecule has 0 amide bonds. The van der Waals surface area contributed by atoms with Crippen LogP contribution in [-0.2, 0) is 0 Å². The number of aliphatic hydroxyl groups is 1. The lowest BCUT2D eigenvalue weighted by Gasteiger charge is -1.95. The van der Waals surface area contributed by atoms with Crippen molar-refractivity contribution in [2.24, 2.45) is 0 Å². The van der Waals surface area contributed by atoms with Gasteiger partial charge in [-0.3, -0.25) is 0 Å². The fourth-order valence-corrected chi connectivity index (χ4v) is 1.10. The third-order valence-corrected chi connectivity index (χ3v) is 1.64. The van der Waals surface area contributed by atoms with Crippen molar-refractivity contribution in [2.45, 2.75) is 26.7 Å². The van der Waals surface area contributed by atoms with Crippen molar-refractivity contribution < 1.29 is 5.11 Å². The van der Waals surface area contributed by atoms with Crippen LogP contribution in [0.4, 0.5) is 0 Å². The molecule has 14 heavy (non-hydrogen) atoms. The lowest BCUT2D eigenvalue weighted by Crippen LogP contribution is -1.93. The van der Waals surface area contributed by atoms with Gasteiger partial charge in [-0.25, -0.2) is 9.97 Å². The summed E-state index contributed by atoms with van der Waals surface area (Å²) in [6.07, 6.45) is 1.43. The average molecular weight is 190 g/mol. The molecule has 0 aliphatic carbocycles. The van der Waals surface area contributed by atoms with Gasteiger partial charge in [0.25, 0.3) is 0 Å². The van der Waals surface area contributed by atoms with Crippen LogP contribution < -0.4 is 0 Å². The predicted molar refractivity (Wildman–Crippen MR) is 54.7 cm³/mol. The largest absolute Gasteiger partial charge is 0.396 e. The average Bonchev–Trinajstić information content (AvgIpc) is 2.11. The smallest absolute Gasteiger partial charge is 0.126 e. The summed E-state index contributed by atoms with van der Waals surface area (Å²) in [5.74, 6) is 6.65. The first-order valence-electron chi connectivity index (χ1n) is 4.64. The van der Waals surface area contributed by atoms with E-state index in [9.17, 15) is 0 Å². The summed E-state index contributed by atoms with van der Waals surface area (Å²) < 4.78 is 0. The molecule has 0 radical (unpaired) electrons. The summed E-state index contributed by atoms with van der Waals surface area (Å²) in [7, 11) is 0. The number of hydrogen-bond acceptors (Lipinski definition) is 3. The number of aromatic nitrogens is 2. The molecule has 0 fully saturated rings. The molecular weight excluding hydrogens is 176 g/mol. The van der Waals surface area contributed by atoms with Gasteiger partial charge in [-0.2, -0.15) is 0 Å². The van der Waals surface area contributed by atoms with Crippen LogP contribution in [-0.4, -0.2) is 21.7 Å². The zero-order valence-electron chi connectivity index (χ0n) is 8.54. The van der Waals surface area contributed by atoms with Crippen LogP contribution in [0.25, 0.3) is 0 Å². The first-order valence-corrected chi connectivity index (χ1v) is 4.64. The summed E-state index contributed by atoms with van der Waals surface area (Å²) >= 11 is 0. The molecule has 1 aromatic heterocycles.